The van der Waals surface area contributed by atoms with Crippen LogP contribution in [0.2, 0.25) is 0 Å². The largest absolute Gasteiger partial charge is 0.465 e. The van der Waals surface area contributed by atoms with E-state index in [1.54, 1.807) is 29.2 Å². The Hall–Kier alpha value is -2.37. The van der Waals surface area contributed by atoms with Crippen LogP contribution in [-0.2, 0) is 14.3 Å². The van der Waals surface area contributed by atoms with Crippen LogP contribution in [0.25, 0.3) is 0 Å². The second-order valence-corrected chi connectivity index (χ2v) is 6.07. The van der Waals surface area contributed by atoms with E-state index in [1.807, 2.05) is 0 Å². The maximum atomic E-state index is 12.6. The molecule has 1 aliphatic carbocycles. The van der Waals surface area contributed by atoms with E-state index in [1.165, 1.54) is 7.11 Å². The molecule has 0 spiro atoms. The van der Waals surface area contributed by atoms with Crippen LogP contribution in [0.4, 0.5) is 5.69 Å². The molecule has 0 bridgehead atoms. The van der Waals surface area contributed by atoms with E-state index in [0.717, 1.165) is 25.9 Å². The van der Waals surface area contributed by atoms with Gasteiger partial charge in [0.15, 0.2) is 0 Å². The van der Waals surface area contributed by atoms with Crippen LogP contribution in [-0.4, -0.2) is 42.9 Å². The number of amides is 2. The third-order valence-electron chi connectivity index (χ3n) is 4.57. The second-order valence-electron chi connectivity index (χ2n) is 6.07. The first kappa shape index (κ1) is 15.5. The standard InChI is InChI=1S/C17H20N2O4/c1-23-14(20)12-6-2-3-7-13(12)18-15(21)17(8-9-17)16(22)19-10-4-5-11-19/h2-3,6-7H,4-5,8-11H2,1H3,(H,18,21). The maximum absolute atomic E-state index is 12.6. The number of carbonyl (C=O) groups excluding carboxylic acids is 3. The minimum atomic E-state index is -0.951. The molecule has 1 aromatic rings. The number of benzene rings is 1. The molecule has 1 heterocycles. The Morgan fingerprint density at radius 1 is 1.13 bits per heavy atom. The third kappa shape index (κ3) is 2.81. The first-order valence-electron chi connectivity index (χ1n) is 7.87. The van der Waals surface area contributed by atoms with Crippen LogP contribution in [0.3, 0.4) is 0 Å². The fourth-order valence-electron chi connectivity index (χ4n) is 3.01. The Morgan fingerprint density at radius 3 is 2.39 bits per heavy atom. The summed E-state index contributed by atoms with van der Waals surface area (Å²) in [6, 6.07) is 6.65. The third-order valence-corrected chi connectivity index (χ3v) is 4.57. The minimum Gasteiger partial charge on any atom is -0.465 e. The molecule has 6 heteroatoms. The number of likely N-dealkylation sites (tertiary alicyclic amines) is 1. The molecule has 1 aliphatic heterocycles. The normalized spacial score (nSPS) is 18.4. The highest BCUT2D eigenvalue weighted by Gasteiger charge is 2.58. The number of para-hydroxylation sites is 1. The first-order valence-corrected chi connectivity index (χ1v) is 7.87. The van der Waals surface area contributed by atoms with E-state index < -0.39 is 11.4 Å². The summed E-state index contributed by atoms with van der Waals surface area (Å²) in [5, 5.41) is 2.75. The number of rotatable bonds is 4. The highest BCUT2D eigenvalue weighted by Crippen LogP contribution is 2.48. The lowest BCUT2D eigenvalue weighted by molar-refractivity contribution is -0.141. The van der Waals surface area contributed by atoms with Crippen molar-refractivity contribution in [2.45, 2.75) is 25.7 Å². The lowest BCUT2D eigenvalue weighted by Crippen LogP contribution is -2.41. The van der Waals surface area contributed by atoms with Crippen molar-refractivity contribution in [2.24, 2.45) is 5.41 Å². The summed E-state index contributed by atoms with van der Waals surface area (Å²) < 4.78 is 4.72. The number of hydrogen-bond donors (Lipinski definition) is 1. The number of ether oxygens (including phenoxy) is 1. The van der Waals surface area contributed by atoms with Crippen molar-refractivity contribution in [3.63, 3.8) is 0 Å². The summed E-state index contributed by atoms with van der Waals surface area (Å²) in [5.74, 6) is -0.926. The van der Waals surface area contributed by atoms with Gasteiger partial charge in [0.25, 0.3) is 0 Å². The van der Waals surface area contributed by atoms with Crippen molar-refractivity contribution in [3.8, 4) is 0 Å². The Bertz CT molecular complexity index is 646. The fourth-order valence-corrected chi connectivity index (χ4v) is 3.01. The molecule has 3 rings (SSSR count). The molecule has 23 heavy (non-hydrogen) atoms. The Morgan fingerprint density at radius 2 is 1.78 bits per heavy atom. The highest BCUT2D eigenvalue weighted by atomic mass is 16.5. The van der Waals surface area contributed by atoms with Crippen LogP contribution in [0.15, 0.2) is 24.3 Å². The van der Waals surface area contributed by atoms with Gasteiger partial charge in [0.05, 0.1) is 18.4 Å². The predicted octanol–water partition coefficient (Wildman–Crippen LogP) is 1.81. The lowest BCUT2D eigenvalue weighted by Gasteiger charge is -2.22. The lowest BCUT2D eigenvalue weighted by atomic mass is 10.0. The zero-order chi connectivity index (χ0) is 16.4. The SMILES string of the molecule is COC(=O)c1ccccc1NC(=O)C1(C(=O)N2CCCC2)CC1. The monoisotopic (exact) mass is 316 g/mol. The molecule has 0 aromatic heterocycles. The number of nitrogens with zero attached hydrogens (tertiary/aromatic N) is 1. The number of carbonyl (C=O) groups is 3. The van der Waals surface area contributed by atoms with E-state index in [2.05, 4.69) is 5.32 Å². The van der Waals surface area contributed by atoms with E-state index in [-0.39, 0.29) is 17.4 Å². The Labute approximate surface area is 134 Å². The van der Waals surface area contributed by atoms with Crippen LogP contribution >= 0.6 is 0 Å². The molecule has 0 atom stereocenters. The molecular formula is C17H20N2O4. The van der Waals surface area contributed by atoms with Crippen LogP contribution in [0, 0.1) is 5.41 Å². The molecular weight excluding hydrogens is 296 g/mol. The summed E-state index contributed by atoms with van der Waals surface area (Å²) in [6.45, 7) is 1.46. The van der Waals surface area contributed by atoms with Crippen molar-refractivity contribution >= 4 is 23.5 Å². The van der Waals surface area contributed by atoms with Crippen LogP contribution < -0.4 is 5.32 Å². The number of nitrogens with one attached hydrogen (secondary N) is 1. The Balaban J connectivity index is 1.77. The van der Waals surface area contributed by atoms with Gasteiger partial charge in [0, 0.05) is 13.1 Å². The van der Waals surface area contributed by atoms with Crippen molar-refractivity contribution in [3.05, 3.63) is 29.8 Å². The molecule has 122 valence electrons. The molecule has 1 saturated heterocycles. The average Bonchev–Trinajstić information content (AvgIpc) is 3.21. The van der Waals surface area contributed by atoms with Gasteiger partial charge in [-0.1, -0.05) is 12.1 Å². The number of hydrogen-bond acceptors (Lipinski definition) is 4. The quantitative estimate of drug-likeness (QED) is 0.679. The number of methoxy groups -OCH3 is 1. The maximum Gasteiger partial charge on any atom is 0.339 e. The van der Waals surface area contributed by atoms with Crippen LogP contribution in [0.5, 0.6) is 0 Å². The zero-order valence-electron chi connectivity index (χ0n) is 13.1. The van der Waals surface area contributed by atoms with E-state index in [4.69, 9.17) is 4.74 Å². The number of anilines is 1. The molecule has 1 N–H and O–H groups in total. The van der Waals surface area contributed by atoms with Gasteiger partial charge in [-0.2, -0.15) is 0 Å². The van der Waals surface area contributed by atoms with Crippen molar-refractivity contribution in [1.82, 2.24) is 4.90 Å². The predicted molar refractivity (Wildman–Crippen MR) is 83.9 cm³/mol. The smallest absolute Gasteiger partial charge is 0.339 e. The van der Waals surface area contributed by atoms with Crippen molar-refractivity contribution in [2.75, 3.05) is 25.5 Å². The van der Waals surface area contributed by atoms with Gasteiger partial charge in [-0.15, -0.1) is 0 Å². The average molecular weight is 316 g/mol. The number of esters is 1. The van der Waals surface area contributed by atoms with Gasteiger partial charge in [-0.3, -0.25) is 9.59 Å². The Kier molecular flexibility index (Phi) is 4.07. The van der Waals surface area contributed by atoms with Gasteiger partial charge >= 0.3 is 5.97 Å². The second kappa shape index (κ2) is 6.02. The molecule has 2 amide bonds. The highest BCUT2D eigenvalue weighted by molar-refractivity contribution is 6.14. The van der Waals surface area contributed by atoms with Gasteiger partial charge in [-0.05, 0) is 37.8 Å². The van der Waals surface area contributed by atoms with Crippen molar-refractivity contribution < 1.29 is 19.1 Å². The van der Waals surface area contributed by atoms with Crippen LogP contribution in [0.1, 0.15) is 36.0 Å². The molecule has 0 unspecified atom stereocenters. The molecule has 1 aromatic carbocycles. The molecule has 1 saturated carbocycles. The molecule has 6 nitrogen and oxygen atoms in total. The topological polar surface area (TPSA) is 75.7 Å². The van der Waals surface area contributed by atoms with E-state index >= 15 is 0 Å². The minimum absolute atomic E-state index is 0.0805. The summed E-state index contributed by atoms with van der Waals surface area (Å²) >= 11 is 0. The summed E-state index contributed by atoms with van der Waals surface area (Å²) in [5.41, 5.74) is -0.286. The van der Waals surface area contributed by atoms with Gasteiger partial charge < -0.3 is 15.0 Å². The summed E-state index contributed by atoms with van der Waals surface area (Å²) in [4.78, 5) is 38.8. The van der Waals surface area contributed by atoms with E-state index in [0.29, 0.717) is 18.5 Å². The molecule has 2 fully saturated rings. The van der Waals surface area contributed by atoms with Gasteiger partial charge in [-0.25, -0.2) is 4.79 Å². The first-order chi connectivity index (χ1) is 11.1. The fraction of sp³-hybridized carbons (Fsp3) is 0.471. The zero-order valence-corrected chi connectivity index (χ0v) is 13.1. The van der Waals surface area contributed by atoms with Gasteiger partial charge in [0.1, 0.15) is 5.41 Å². The summed E-state index contributed by atoms with van der Waals surface area (Å²) in [7, 11) is 1.29. The van der Waals surface area contributed by atoms with Gasteiger partial charge in [0.2, 0.25) is 11.8 Å². The molecule has 2 aliphatic rings. The molecule has 0 radical (unpaired) electrons. The summed E-state index contributed by atoms with van der Waals surface area (Å²) in [6.07, 6.45) is 3.12. The van der Waals surface area contributed by atoms with Crippen molar-refractivity contribution in [1.29, 1.82) is 0 Å². The van der Waals surface area contributed by atoms with E-state index in [9.17, 15) is 14.4 Å².